The number of amides is 1. The number of carbonyl (C=O) groups is 1. The molecule has 1 saturated carbocycles. The second-order valence-corrected chi connectivity index (χ2v) is 15.3. The summed E-state index contributed by atoms with van der Waals surface area (Å²) >= 11 is 14.7. The summed E-state index contributed by atoms with van der Waals surface area (Å²) in [5.74, 6) is 1.33. The lowest BCUT2D eigenvalue weighted by Crippen LogP contribution is -2.49. The van der Waals surface area contributed by atoms with Crippen LogP contribution in [0.1, 0.15) is 68.4 Å². The number of hydrazine groups is 1. The van der Waals surface area contributed by atoms with Crippen LogP contribution in [0.3, 0.4) is 0 Å². The zero-order valence-corrected chi connectivity index (χ0v) is 25.4. The van der Waals surface area contributed by atoms with Gasteiger partial charge in [-0.2, -0.15) is 0 Å². The van der Waals surface area contributed by atoms with Crippen molar-refractivity contribution >= 4 is 62.2 Å². The summed E-state index contributed by atoms with van der Waals surface area (Å²) in [5.41, 5.74) is 4.10. The van der Waals surface area contributed by atoms with Gasteiger partial charge in [-0.3, -0.25) is 14.4 Å². The van der Waals surface area contributed by atoms with Crippen LogP contribution in [0.2, 0.25) is 10.0 Å². The van der Waals surface area contributed by atoms with E-state index in [2.05, 4.69) is 10.1 Å². The molecule has 2 aromatic rings. The van der Waals surface area contributed by atoms with Crippen molar-refractivity contribution in [2.75, 3.05) is 24.6 Å². The molecule has 0 bridgehead atoms. The van der Waals surface area contributed by atoms with Gasteiger partial charge in [0.15, 0.2) is 5.01 Å². The van der Waals surface area contributed by atoms with Crippen molar-refractivity contribution in [3.8, 4) is 10.4 Å². The Balaban J connectivity index is 1.64. The van der Waals surface area contributed by atoms with E-state index in [9.17, 15) is 13.2 Å². The smallest absolute Gasteiger partial charge is 0.283 e. The summed E-state index contributed by atoms with van der Waals surface area (Å²) in [6, 6.07) is 3.56. The van der Waals surface area contributed by atoms with Gasteiger partial charge in [-0.05, 0) is 39.2 Å². The number of hydrogen-bond donors (Lipinski definition) is 2. The highest BCUT2D eigenvalue weighted by molar-refractivity contribution is 7.85. The van der Waals surface area contributed by atoms with E-state index < -0.39 is 21.8 Å². The van der Waals surface area contributed by atoms with Gasteiger partial charge in [0, 0.05) is 46.5 Å². The lowest BCUT2D eigenvalue weighted by Gasteiger charge is -2.25. The number of carbonyl (C=O) groups excluding carboxylic acids is 1. The first kappa shape index (κ1) is 29.1. The zero-order valence-electron chi connectivity index (χ0n) is 21.4. The van der Waals surface area contributed by atoms with E-state index in [1.165, 1.54) is 30.6 Å². The van der Waals surface area contributed by atoms with Gasteiger partial charge in [-0.25, -0.2) is 18.9 Å². The molecule has 0 radical (unpaired) electrons. The van der Waals surface area contributed by atoms with Gasteiger partial charge in [0.25, 0.3) is 5.91 Å². The lowest BCUT2D eigenvalue weighted by molar-refractivity contribution is 0.0803. The fourth-order valence-corrected chi connectivity index (χ4v) is 8.52. The largest absolute Gasteiger partial charge is 0.294 e. The summed E-state index contributed by atoms with van der Waals surface area (Å²) in [5, 5.41) is 2.71. The van der Waals surface area contributed by atoms with E-state index in [4.69, 9.17) is 28.2 Å². The van der Waals surface area contributed by atoms with Crippen molar-refractivity contribution in [2.24, 2.45) is 5.92 Å². The fourth-order valence-electron chi connectivity index (χ4n) is 4.59. The lowest BCUT2D eigenvalue weighted by atomic mass is 9.85. The van der Waals surface area contributed by atoms with E-state index in [0.29, 0.717) is 51.0 Å². The molecule has 7 nitrogen and oxygen atoms in total. The number of aromatic nitrogens is 1. The van der Waals surface area contributed by atoms with Crippen molar-refractivity contribution in [3.63, 3.8) is 0 Å². The Morgan fingerprint density at radius 1 is 1.16 bits per heavy atom. The standard InChI is InChI=1S/C25H34Cl2N4O3S3/c1-25(2,3)30-37(34)19-10-9-17(20(26)21(19)27)22-18(15-16-7-5-4-6-8-16)28-24(35-22)23(32)29-31-11-13-36(33)14-12-31/h9-10,16,30H,4-8,11-15H2,1-3H3,(H,29,32). The van der Waals surface area contributed by atoms with Crippen molar-refractivity contribution in [1.82, 2.24) is 20.1 Å². The fraction of sp³-hybridized carbons (Fsp3) is 0.600. The molecule has 12 heteroatoms. The molecule has 4 rings (SSSR count). The molecule has 204 valence electrons. The summed E-state index contributed by atoms with van der Waals surface area (Å²) in [4.78, 5) is 19.2. The molecule has 1 unspecified atom stereocenters. The molecule has 1 aromatic heterocycles. The van der Waals surface area contributed by atoms with Crippen LogP contribution in [-0.4, -0.2) is 54.5 Å². The topological polar surface area (TPSA) is 91.4 Å². The average Bonchev–Trinajstić information content (AvgIpc) is 3.25. The molecular formula is C25H34Cl2N4O3S3. The average molecular weight is 606 g/mol. The quantitative estimate of drug-likeness (QED) is 0.444. The number of rotatable bonds is 7. The Kier molecular flexibility index (Phi) is 9.86. The molecule has 1 saturated heterocycles. The van der Waals surface area contributed by atoms with Crippen molar-refractivity contribution in [3.05, 3.63) is 32.9 Å². The molecule has 2 heterocycles. The van der Waals surface area contributed by atoms with Crippen LogP contribution in [-0.2, 0) is 28.2 Å². The Hall–Kier alpha value is -0.880. The molecule has 37 heavy (non-hydrogen) atoms. The predicted octanol–water partition coefficient (Wildman–Crippen LogP) is 5.36. The van der Waals surface area contributed by atoms with Crippen LogP contribution in [0, 0.1) is 5.92 Å². The highest BCUT2D eigenvalue weighted by atomic mass is 35.5. The highest BCUT2D eigenvalue weighted by Crippen LogP contribution is 2.42. The third-order valence-corrected chi connectivity index (χ3v) is 11.4. The van der Waals surface area contributed by atoms with E-state index in [0.717, 1.165) is 29.8 Å². The molecule has 1 aliphatic carbocycles. The highest BCUT2D eigenvalue weighted by Gasteiger charge is 2.27. The first-order chi connectivity index (χ1) is 17.5. The third-order valence-electron chi connectivity index (χ3n) is 6.43. The minimum atomic E-state index is -1.53. The maximum Gasteiger partial charge on any atom is 0.294 e. The Labute approximate surface area is 238 Å². The Morgan fingerprint density at radius 3 is 2.49 bits per heavy atom. The maximum atomic E-state index is 13.1. The summed E-state index contributed by atoms with van der Waals surface area (Å²) in [6.45, 7) is 6.89. The number of hydrogen-bond acceptors (Lipinski definition) is 6. The van der Waals surface area contributed by atoms with Gasteiger partial charge >= 0.3 is 0 Å². The van der Waals surface area contributed by atoms with E-state index in [-0.39, 0.29) is 16.5 Å². The van der Waals surface area contributed by atoms with Crippen molar-refractivity contribution < 1.29 is 13.2 Å². The molecule has 1 aliphatic heterocycles. The third kappa shape index (κ3) is 7.62. The van der Waals surface area contributed by atoms with Gasteiger partial charge in [-0.15, -0.1) is 11.3 Å². The number of halogens is 2. The van der Waals surface area contributed by atoms with Crippen LogP contribution >= 0.6 is 34.5 Å². The second-order valence-electron chi connectivity index (χ2n) is 10.6. The maximum absolute atomic E-state index is 13.1. The number of nitrogens with one attached hydrogen (secondary N) is 2. The normalized spacial score (nSPS) is 19.2. The Bertz CT molecular complexity index is 1180. The second kappa shape index (κ2) is 12.5. The number of nitrogens with zero attached hydrogens (tertiary/aromatic N) is 2. The number of thiazole rings is 1. The van der Waals surface area contributed by atoms with Crippen LogP contribution in [0.25, 0.3) is 10.4 Å². The molecule has 1 atom stereocenters. The van der Waals surface area contributed by atoms with E-state index in [1.807, 2.05) is 31.8 Å². The van der Waals surface area contributed by atoms with Crippen LogP contribution in [0.4, 0.5) is 0 Å². The number of benzene rings is 1. The first-order valence-corrected chi connectivity index (χ1v) is 16.8. The monoisotopic (exact) mass is 604 g/mol. The van der Waals surface area contributed by atoms with Gasteiger partial charge < -0.3 is 0 Å². The Morgan fingerprint density at radius 2 is 1.84 bits per heavy atom. The predicted molar refractivity (Wildman–Crippen MR) is 154 cm³/mol. The van der Waals surface area contributed by atoms with Crippen molar-refractivity contribution in [2.45, 2.75) is 69.7 Å². The van der Waals surface area contributed by atoms with Crippen LogP contribution in [0.5, 0.6) is 0 Å². The van der Waals surface area contributed by atoms with E-state index >= 15 is 0 Å². The van der Waals surface area contributed by atoms with Crippen LogP contribution < -0.4 is 10.1 Å². The molecule has 0 spiro atoms. The molecule has 2 N–H and O–H groups in total. The zero-order chi connectivity index (χ0) is 26.7. The molecule has 2 aliphatic rings. The minimum Gasteiger partial charge on any atom is -0.283 e. The molecule has 2 fully saturated rings. The summed E-state index contributed by atoms with van der Waals surface area (Å²) in [7, 11) is -2.35. The molecule has 1 amide bonds. The SMILES string of the molecule is CC(C)(C)NS(=O)c1ccc(-c2sc(C(=O)NN3CCS(=O)CC3)nc2CC2CCCCC2)c(Cl)c1Cl. The molecular weight excluding hydrogens is 571 g/mol. The van der Waals surface area contributed by atoms with Gasteiger partial charge in [0.2, 0.25) is 0 Å². The van der Waals surface area contributed by atoms with Crippen LogP contribution in [0.15, 0.2) is 17.0 Å². The molecule has 1 aromatic carbocycles. The minimum absolute atomic E-state index is 0.235. The van der Waals surface area contributed by atoms with E-state index in [1.54, 1.807) is 6.07 Å². The van der Waals surface area contributed by atoms with Gasteiger partial charge in [0.1, 0.15) is 11.0 Å². The summed E-state index contributed by atoms with van der Waals surface area (Å²) in [6.07, 6.45) is 6.75. The van der Waals surface area contributed by atoms with Gasteiger partial charge in [-0.1, -0.05) is 61.4 Å². The van der Waals surface area contributed by atoms with Crippen molar-refractivity contribution in [1.29, 1.82) is 0 Å². The van der Waals surface area contributed by atoms with Gasteiger partial charge in [0.05, 0.1) is 25.5 Å². The first-order valence-electron chi connectivity index (χ1n) is 12.6. The summed E-state index contributed by atoms with van der Waals surface area (Å²) < 4.78 is 27.6.